The summed E-state index contributed by atoms with van der Waals surface area (Å²) in [6.07, 6.45) is 0. The molecule has 1 N–H and O–H groups in total. The van der Waals surface area contributed by atoms with Crippen molar-refractivity contribution in [1.82, 2.24) is 4.90 Å². The largest absolute Gasteiger partial charge is 0.379 e. The number of nitriles is 1. The summed E-state index contributed by atoms with van der Waals surface area (Å²) in [5.41, 5.74) is 3.51. The Morgan fingerprint density at radius 3 is 2.38 bits per heavy atom. The van der Waals surface area contributed by atoms with Gasteiger partial charge in [-0.15, -0.1) is 11.3 Å². The standard InChI is InChI=1S/C21H24N4O3S/c22-13-18-19(16-1-3-17(4-2-16)25-7-11-28-12-8-25)15-29-21(18)23-20(26)14-24-5-9-27-10-6-24/h1-4,15H,5-12,14H2,(H,23,26). The van der Waals surface area contributed by atoms with Crippen molar-refractivity contribution >= 4 is 27.9 Å². The minimum absolute atomic E-state index is 0.0977. The van der Waals surface area contributed by atoms with E-state index >= 15 is 0 Å². The monoisotopic (exact) mass is 412 g/mol. The van der Waals surface area contributed by atoms with Gasteiger partial charge >= 0.3 is 0 Å². The zero-order chi connectivity index (χ0) is 20.1. The summed E-state index contributed by atoms with van der Waals surface area (Å²) in [6.45, 7) is 6.40. The van der Waals surface area contributed by atoms with Crippen molar-refractivity contribution in [3.63, 3.8) is 0 Å². The molecule has 2 aliphatic heterocycles. The highest BCUT2D eigenvalue weighted by molar-refractivity contribution is 7.15. The number of carbonyl (C=O) groups is 1. The maximum absolute atomic E-state index is 12.4. The Morgan fingerprint density at radius 2 is 1.72 bits per heavy atom. The van der Waals surface area contributed by atoms with Crippen molar-refractivity contribution in [2.75, 3.05) is 69.4 Å². The molecule has 7 nitrogen and oxygen atoms in total. The summed E-state index contributed by atoms with van der Waals surface area (Å²) in [5.74, 6) is -0.0977. The number of morpholine rings is 2. The normalized spacial score (nSPS) is 17.7. The van der Waals surface area contributed by atoms with Crippen LogP contribution in [0.5, 0.6) is 0 Å². The molecule has 2 aromatic rings. The zero-order valence-electron chi connectivity index (χ0n) is 16.2. The molecule has 2 saturated heterocycles. The van der Waals surface area contributed by atoms with Crippen molar-refractivity contribution in [3.8, 4) is 17.2 Å². The van der Waals surface area contributed by atoms with E-state index in [9.17, 15) is 10.1 Å². The topological polar surface area (TPSA) is 77.8 Å². The van der Waals surface area contributed by atoms with E-state index in [4.69, 9.17) is 9.47 Å². The van der Waals surface area contributed by atoms with Crippen LogP contribution in [-0.4, -0.2) is 70.0 Å². The molecule has 0 radical (unpaired) electrons. The average Bonchev–Trinajstić information content (AvgIpc) is 3.17. The minimum Gasteiger partial charge on any atom is -0.379 e. The number of rotatable bonds is 5. The summed E-state index contributed by atoms with van der Waals surface area (Å²) in [7, 11) is 0. The summed E-state index contributed by atoms with van der Waals surface area (Å²) in [6, 6.07) is 10.5. The lowest BCUT2D eigenvalue weighted by atomic mass is 10.0. The van der Waals surface area contributed by atoms with E-state index in [-0.39, 0.29) is 5.91 Å². The Morgan fingerprint density at radius 1 is 1.07 bits per heavy atom. The van der Waals surface area contributed by atoms with Crippen molar-refractivity contribution in [3.05, 3.63) is 35.2 Å². The first-order valence-electron chi connectivity index (χ1n) is 9.79. The smallest absolute Gasteiger partial charge is 0.239 e. The number of thiophene rings is 1. The van der Waals surface area contributed by atoms with Gasteiger partial charge in [0.1, 0.15) is 11.1 Å². The Bertz CT molecular complexity index is 878. The molecule has 2 aliphatic rings. The van der Waals surface area contributed by atoms with E-state index in [0.717, 1.165) is 56.2 Å². The van der Waals surface area contributed by atoms with Crippen LogP contribution in [0.3, 0.4) is 0 Å². The van der Waals surface area contributed by atoms with Gasteiger partial charge in [0.25, 0.3) is 0 Å². The maximum atomic E-state index is 12.4. The second kappa shape index (κ2) is 9.37. The number of benzene rings is 1. The molecule has 0 atom stereocenters. The summed E-state index contributed by atoms with van der Waals surface area (Å²) >= 11 is 1.39. The molecule has 0 saturated carbocycles. The quantitative estimate of drug-likeness (QED) is 0.813. The van der Waals surface area contributed by atoms with Crippen LogP contribution in [0.25, 0.3) is 11.1 Å². The summed E-state index contributed by atoms with van der Waals surface area (Å²) in [5, 5.41) is 15.2. The number of ether oxygens (including phenoxy) is 2. The molecule has 2 fully saturated rings. The van der Waals surface area contributed by atoms with Gasteiger partial charge in [-0.3, -0.25) is 9.69 Å². The highest BCUT2D eigenvalue weighted by atomic mass is 32.1. The van der Waals surface area contributed by atoms with Crippen LogP contribution < -0.4 is 10.2 Å². The first-order chi connectivity index (χ1) is 14.2. The Balaban J connectivity index is 1.45. The lowest BCUT2D eigenvalue weighted by molar-refractivity contribution is -0.118. The molecule has 8 heteroatoms. The SMILES string of the molecule is N#Cc1c(-c2ccc(N3CCOCC3)cc2)csc1NC(=O)CN1CCOCC1. The second-order valence-corrected chi connectivity index (χ2v) is 7.93. The highest BCUT2D eigenvalue weighted by Gasteiger charge is 2.19. The van der Waals surface area contributed by atoms with E-state index in [1.807, 2.05) is 17.5 Å². The first-order valence-corrected chi connectivity index (χ1v) is 10.7. The Kier molecular flexibility index (Phi) is 6.42. The van der Waals surface area contributed by atoms with Gasteiger partial charge in [-0.05, 0) is 17.7 Å². The second-order valence-electron chi connectivity index (χ2n) is 7.05. The molecule has 0 unspecified atom stereocenters. The molecular weight excluding hydrogens is 388 g/mol. The lowest BCUT2D eigenvalue weighted by Crippen LogP contribution is -2.41. The molecule has 0 bridgehead atoms. The molecule has 1 aromatic heterocycles. The molecule has 0 spiro atoms. The number of anilines is 2. The molecule has 3 heterocycles. The third-order valence-electron chi connectivity index (χ3n) is 5.18. The van der Waals surface area contributed by atoms with Crippen LogP contribution in [0, 0.1) is 11.3 Å². The first kappa shape index (κ1) is 19.9. The summed E-state index contributed by atoms with van der Waals surface area (Å²) < 4.78 is 10.7. The lowest BCUT2D eigenvalue weighted by Gasteiger charge is -2.28. The van der Waals surface area contributed by atoms with Gasteiger partial charge < -0.3 is 19.7 Å². The van der Waals surface area contributed by atoms with Gasteiger partial charge in [-0.25, -0.2) is 0 Å². The van der Waals surface area contributed by atoms with E-state index < -0.39 is 0 Å². The maximum Gasteiger partial charge on any atom is 0.239 e. The Hall–Kier alpha value is -2.44. The van der Waals surface area contributed by atoms with Crippen molar-refractivity contribution < 1.29 is 14.3 Å². The van der Waals surface area contributed by atoms with Gasteiger partial charge in [0, 0.05) is 42.8 Å². The van der Waals surface area contributed by atoms with Gasteiger partial charge in [0.2, 0.25) is 5.91 Å². The minimum atomic E-state index is -0.0977. The molecule has 1 aromatic carbocycles. The van der Waals surface area contributed by atoms with Crippen molar-refractivity contribution in [1.29, 1.82) is 5.26 Å². The van der Waals surface area contributed by atoms with Crippen LogP contribution in [-0.2, 0) is 14.3 Å². The molecule has 0 aliphatic carbocycles. The number of nitrogens with one attached hydrogen (secondary N) is 1. The number of amides is 1. The van der Waals surface area contributed by atoms with Crippen LogP contribution in [0.4, 0.5) is 10.7 Å². The van der Waals surface area contributed by atoms with Gasteiger partial charge in [-0.2, -0.15) is 5.26 Å². The highest BCUT2D eigenvalue weighted by Crippen LogP contribution is 2.35. The predicted molar refractivity (Wildman–Crippen MR) is 113 cm³/mol. The number of hydrogen-bond donors (Lipinski definition) is 1. The van der Waals surface area contributed by atoms with E-state index in [1.165, 1.54) is 11.3 Å². The van der Waals surface area contributed by atoms with Crippen LogP contribution in [0.1, 0.15) is 5.56 Å². The fraction of sp³-hybridized carbons (Fsp3) is 0.429. The molecule has 1 amide bonds. The van der Waals surface area contributed by atoms with Gasteiger partial charge in [0.15, 0.2) is 0 Å². The van der Waals surface area contributed by atoms with Gasteiger partial charge in [-0.1, -0.05) is 12.1 Å². The molecular formula is C21H24N4O3S. The third kappa shape index (κ3) is 4.77. The van der Waals surface area contributed by atoms with Crippen molar-refractivity contribution in [2.45, 2.75) is 0 Å². The average molecular weight is 413 g/mol. The fourth-order valence-electron chi connectivity index (χ4n) is 3.58. The molecule has 29 heavy (non-hydrogen) atoms. The van der Waals surface area contributed by atoms with Gasteiger partial charge in [0.05, 0.1) is 38.5 Å². The number of nitrogens with zero attached hydrogens (tertiary/aromatic N) is 3. The zero-order valence-corrected chi connectivity index (χ0v) is 17.0. The predicted octanol–water partition coefficient (Wildman–Crippen LogP) is 2.39. The van der Waals surface area contributed by atoms with Crippen LogP contribution in [0.15, 0.2) is 29.6 Å². The Labute approximate surface area is 174 Å². The summed E-state index contributed by atoms with van der Waals surface area (Å²) in [4.78, 5) is 16.8. The number of carbonyl (C=O) groups excluding carboxylic acids is 1. The van der Waals surface area contributed by atoms with E-state index in [2.05, 4.69) is 33.3 Å². The van der Waals surface area contributed by atoms with Crippen molar-refractivity contribution in [2.24, 2.45) is 0 Å². The van der Waals surface area contributed by atoms with Crippen LogP contribution >= 0.6 is 11.3 Å². The third-order valence-corrected chi connectivity index (χ3v) is 6.08. The van der Waals surface area contributed by atoms with Crippen LogP contribution in [0.2, 0.25) is 0 Å². The van der Waals surface area contributed by atoms with E-state index in [0.29, 0.717) is 30.3 Å². The van der Waals surface area contributed by atoms with E-state index in [1.54, 1.807) is 0 Å². The number of hydrogen-bond acceptors (Lipinski definition) is 7. The molecule has 152 valence electrons. The molecule has 4 rings (SSSR count). The fourth-order valence-corrected chi connectivity index (χ4v) is 4.51.